The van der Waals surface area contributed by atoms with Crippen LogP contribution < -0.4 is 5.32 Å². The van der Waals surface area contributed by atoms with Crippen molar-refractivity contribution in [3.8, 4) is 0 Å². The van der Waals surface area contributed by atoms with Gasteiger partial charge in [0.1, 0.15) is 0 Å². The number of anilines is 1. The average molecular weight is 442 g/mol. The number of aliphatic hydroxyl groups excluding tert-OH is 1. The largest absolute Gasteiger partial charge is 0.465 e. The van der Waals surface area contributed by atoms with Crippen LogP contribution in [0.3, 0.4) is 0 Å². The topological polar surface area (TPSA) is 131 Å². The van der Waals surface area contributed by atoms with E-state index in [1.165, 1.54) is 0 Å². The lowest BCUT2D eigenvalue weighted by molar-refractivity contribution is -0.115. The van der Waals surface area contributed by atoms with Crippen LogP contribution in [0.2, 0.25) is 0 Å². The predicted molar refractivity (Wildman–Crippen MR) is 118 cm³/mol. The molecule has 2 saturated carbocycles. The molecule has 32 heavy (non-hydrogen) atoms. The van der Waals surface area contributed by atoms with Crippen molar-refractivity contribution in [1.29, 1.82) is 0 Å². The molecule has 2 heterocycles. The summed E-state index contributed by atoms with van der Waals surface area (Å²) in [6.45, 7) is 1.89. The smallest absolute Gasteiger partial charge is 0.407 e. The fourth-order valence-corrected chi connectivity index (χ4v) is 5.14. The number of carboxylic acid groups (broad SMARTS) is 1. The van der Waals surface area contributed by atoms with E-state index < -0.39 is 6.09 Å². The molecule has 2 aliphatic carbocycles. The van der Waals surface area contributed by atoms with Crippen LogP contribution >= 0.6 is 0 Å². The molecule has 2 fully saturated rings. The molecule has 9 nitrogen and oxygen atoms in total. The van der Waals surface area contributed by atoms with Crippen molar-refractivity contribution in [3.05, 3.63) is 41.3 Å². The first-order valence-corrected chi connectivity index (χ1v) is 11.3. The molecule has 0 bridgehead atoms. The third-order valence-corrected chi connectivity index (χ3v) is 6.71. The highest BCUT2D eigenvalue weighted by molar-refractivity contribution is 5.91. The summed E-state index contributed by atoms with van der Waals surface area (Å²) >= 11 is 0. The van der Waals surface area contributed by atoms with E-state index in [0.717, 1.165) is 36.2 Å². The fourth-order valence-electron chi connectivity index (χ4n) is 5.14. The predicted octanol–water partition coefficient (Wildman–Crippen LogP) is 3.21. The molecule has 0 spiro atoms. The molecule has 0 unspecified atom stereocenters. The van der Waals surface area contributed by atoms with Gasteiger partial charge in [-0.1, -0.05) is 0 Å². The number of aromatic nitrogens is 3. The molecule has 2 amide bonds. The zero-order valence-electron chi connectivity index (χ0n) is 18.3. The number of rotatable bonds is 6. The van der Waals surface area contributed by atoms with Crippen molar-refractivity contribution in [1.82, 2.24) is 20.1 Å². The van der Waals surface area contributed by atoms with Crippen LogP contribution in [0.4, 0.5) is 10.6 Å². The minimum Gasteiger partial charge on any atom is -0.465 e. The minimum atomic E-state index is -0.874. The Kier molecular flexibility index (Phi) is 6.74. The van der Waals surface area contributed by atoms with Crippen LogP contribution in [0.15, 0.2) is 24.4 Å². The lowest BCUT2D eigenvalue weighted by Gasteiger charge is -2.37. The van der Waals surface area contributed by atoms with Gasteiger partial charge >= 0.3 is 6.09 Å². The summed E-state index contributed by atoms with van der Waals surface area (Å²) in [5.41, 5.74) is 2.69. The first-order valence-electron chi connectivity index (χ1n) is 11.3. The molecular weight excluding hydrogens is 410 g/mol. The normalized spacial score (nSPS) is 25.4. The van der Waals surface area contributed by atoms with Crippen molar-refractivity contribution in [2.45, 2.75) is 82.4 Å². The van der Waals surface area contributed by atoms with Gasteiger partial charge in [-0.15, -0.1) is 0 Å². The lowest BCUT2D eigenvalue weighted by atomic mass is 9.91. The van der Waals surface area contributed by atoms with Gasteiger partial charge in [-0.05, 0) is 69.6 Å². The van der Waals surface area contributed by atoms with E-state index in [1.54, 1.807) is 11.1 Å². The molecule has 2 aliphatic rings. The minimum absolute atomic E-state index is 0.0203. The maximum Gasteiger partial charge on any atom is 0.407 e. The van der Waals surface area contributed by atoms with Gasteiger partial charge in [-0.2, -0.15) is 5.10 Å². The van der Waals surface area contributed by atoms with Gasteiger partial charge in [0.05, 0.1) is 12.5 Å². The van der Waals surface area contributed by atoms with Gasteiger partial charge < -0.3 is 20.4 Å². The zero-order chi connectivity index (χ0) is 22.7. The number of nitrogens with one attached hydrogen (secondary N) is 2. The van der Waals surface area contributed by atoms with Gasteiger partial charge in [0, 0.05) is 41.7 Å². The SMILES string of the molecule is Cc1cc(CC(=O)Nc2cc([C@@H]3CC[C@H](N(C(=O)O)C4CCC(O)CC4)C3)[nH]n2)ccn1. The Morgan fingerprint density at radius 2 is 1.91 bits per heavy atom. The molecule has 0 aromatic carbocycles. The van der Waals surface area contributed by atoms with Crippen LogP contribution in [-0.2, 0) is 11.2 Å². The Balaban J connectivity index is 1.34. The van der Waals surface area contributed by atoms with Crippen LogP contribution in [-0.4, -0.2) is 60.5 Å². The number of hydrogen-bond acceptors (Lipinski definition) is 5. The summed E-state index contributed by atoms with van der Waals surface area (Å²) in [6, 6.07) is 5.50. The monoisotopic (exact) mass is 441 g/mol. The number of aromatic amines is 1. The standard InChI is InChI=1S/C23H31N5O4/c1-14-10-15(8-9-24-14)11-22(30)25-21-13-20(26-27-21)16-2-3-18(12-16)28(23(31)32)17-4-6-19(29)7-5-17/h8-10,13,16-19,29H,2-7,11-12H2,1H3,(H,31,32)(H2,25,26,27,30)/t16-,17?,18+,19?/m1/s1. The molecular formula is C23H31N5O4. The molecule has 0 radical (unpaired) electrons. The highest BCUT2D eigenvalue weighted by Gasteiger charge is 2.38. The zero-order valence-corrected chi connectivity index (χ0v) is 18.3. The van der Waals surface area contributed by atoms with Gasteiger partial charge in [-0.3, -0.25) is 14.9 Å². The van der Waals surface area contributed by atoms with Crippen molar-refractivity contribution in [2.24, 2.45) is 0 Å². The highest BCUT2D eigenvalue weighted by Crippen LogP contribution is 2.39. The second kappa shape index (κ2) is 9.68. The van der Waals surface area contributed by atoms with Crippen molar-refractivity contribution in [2.75, 3.05) is 5.32 Å². The molecule has 0 aliphatic heterocycles. The van der Waals surface area contributed by atoms with E-state index >= 15 is 0 Å². The molecule has 4 rings (SSSR count). The number of aliphatic hydroxyl groups is 1. The van der Waals surface area contributed by atoms with E-state index in [4.69, 9.17) is 0 Å². The van der Waals surface area contributed by atoms with E-state index in [2.05, 4.69) is 20.5 Å². The second-order valence-electron chi connectivity index (χ2n) is 9.05. The molecule has 4 N–H and O–H groups in total. The summed E-state index contributed by atoms with van der Waals surface area (Å²) < 4.78 is 0. The second-order valence-corrected chi connectivity index (χ2v) is 9.05. The van der Waals surface area contributed by atoms with Gasteiger partial charge in [-0.25, -0.2) is 4.79 Å². The number of hydrogen-bond donors (Lipinski definition) is 4. The van der Waals surface area contributed by atoms with Crippen molar-refractivity contribution in [3.63, 3.8) is 0 Å². The summed E-state index contributed by atoms with van der Waals surface area (Å²) in [6.07, 6.45) is 5.92. The van der Waals surface area contributed by atoms with Crippen LogP contribution in [0.25, 0.3) is 0 Å². The number of amides is 2. The number of aryl methyl sites for hydroxylation is 1. The Morgan fingerprint density at radius 3 is 2.62 bits per heavy atom. The molecule has 2 aromatic rings. The lowest BCUT2D eigenvalue weighted by Crippen LogP contribution is -2.47. The third-order valence-electron chi connectivity index (χ3n) is 6.71. The summed E-state index contributed by atoms with van der Waals surface area (Å²) in [7, 11) is 0. The number of carbonyl (C=O) groups is 2. The van der Waals surface area contributed by atoms with E-state index in [1.807, 2.05) is 25.1 Å². The Morgan fingerprint density at radius 1 is 1.16 bits per heavy atom. The molecule has 172 valence electrons. The number of H-pyrrole nitrogens is 1. The van der Waals surface area contributed by atoms with Crippen LogP contribution in [0, 0.1) is 6.92 Å². The van der Waals surface area contributed by atoms with Gasteiger partial charge in [0.2, 0.25) is 5.91 Å². The molecule has 0 saturated heterocycles. The van der Waals surface area contributed by atoms with Crippen LogP contribution in [0.5, 0.6) is 0 Å². The highest BCUT2D eigenvalue weighted by atomic mass is 16.4. The summed E-state index contributed by atoms with van der Waals surface area (Å²) in [4.78, 5) is 30.1. The van der Waals surface area contributed by atoms with Crippen molar-refractivity contribution >= 4 is 17.8 Å². The van der Waals surface area contributed by atoms with E-state index in [0.29, 0.717) is 31.5 Å². The number of nitrogens with zero attached hydrogens (tertiary/aromatic N) is 3. The quantitative estimate of drug-likeness (QED) is 0.544. The summed E-state index contributed by atoms with van der Waals surface area (Å²) in [5.74, 6) is 0.516. The molecule has 2 aromatic heterocycles. The van der Waals surface area contributed by atoms with E-state index in [-0.39, 0.29) is 36.4 Å². The average Bonchev–Trinajstić information content (AvgIpc) is 3.39. The van der Waals surface area contributed by atoms with Crippen molar-refractivity contribution < 1.29 is 19.8 Å². The number of pyridine rings is 1. The maximum atomic E-state index is 12.4. The van der Waals surface area contributed by atoms with Crippen LogP contribution in [0.1, 0.15) is 67.8 Å². The third kappa shape index (κ3) is 5.27. The molecule has 2 atom stereocenters. The Labute approximate surface area is 187 Å². The molecule has 9 heteroatoms. The Hall–Kier alpha value is -2.94. The van der Waals surface area contributed by atoms with Gasteiger partial charge in [0.25, 0.3) is 0 Å². The fraction of sp³-hybridized carbons (Fsp3) is 0.565. The first kappa shape index (κ1) is 22.3. The van der Waals surface area contributed by atoms with E-state index in [9.17, 15) is 19.8 Å². The first-order chi connectivity index (χ1) is 15.4. The number of carbonyl (C=O) groups excluding carboxylic acids is 1. The van der Waals surface area contributed by atoms with Gasteiger partial charge in [0.15, 0.2) is 5.82 Å². The Bertz CT molecular complexity index is 953. The summed E-state index contributed by atoms with van der Waals surface area (Å²) in [5, 5.41) is 29.7. The maximum absolute atomic E-state index is 12.4.